The van der Waals surface area contributed by atoms with Crippen molar-refractivity contribution in [2.45, 2.75) is 70.0 Å². The van der Waals surface area contributed by atoms with Gasteiger partial charge >= 0.3 is 5.97 Å². The number of thioether (sulfide) groups is 1. The summed E-state index contributed by atoms with van der Waals surface area (Å²) in [5, 5.41) is 20.5. The Hall–Kier alpha value is -1.07. The molecule has 2 N–H and O–H groups in total. The van der Waals surface area contributed by atoms with Gasteiger partial charge in [0.1, 0.15) is 5.78 Å². The van der Waals surface area contributed by atoms with Crippen LogP contribution in [0.2, 0.25) is 0 Å². The maximum absolute atomic E-state index is 12.3. The van der Waals surface area contributed by atoms with Crippen molar-refractivity contribution in [3.05, 3.63) is 23.6 Å². The normalized spacial score (nSPS) is 22.2. The molecule has 1 fully saturated rings. The van der Waals surface area contributed by atoms with Crippen LogP contribution in [0, 0.1) is 11.8 Å². The first-order valence-corrected chi connectivity index (χ1v) is 10.3. The molecule has 0 amide bonds. The molecule has 0 aromatic rings. The molecule has 1 aliphatic carbocycles. The quantitative estimate of drug-likeness (QED) is 0.368. The molecule has 3 atom stereocenters. The zero-order valence-corrected chi connectivity index (χ0v) is 16.0. The summed E-state index contributed by atoms with van der Waals surface area (Å²) in [6.45, 7) is 2.19. The molecule has 0 radical (unpaired) electrons. The zero-order chi connectivity index (χ0) is 18.5. The van der Waals surface area contributed by atoms with Crippen LogP contribution in [0.1, 0.15) is 64.7 Å². The second-order valence-corrected chi connectivity index (χ2v) is 7.87. The van der Waals surface area contributed by atoms with Crippen molar-refractivity contribution in [3.8, 4) is 0 Å². The van der Waals surface area contributed by atoms with Gasteiger partial charge in [0.05, 0.1) is 5.92 Å². The predicted molar refractivity (Wildman–Crippen MR) is 104 cm³/mol. The van der Waals surface area contributed by atoms with E-state index in [9.17, 15) is 14.7 Å². The van der Waals surface area contributed by atoms with E-state index in [1.807, 2.05) is 19.1 Å². The van der Waals surface area contributed by atoms with E-state index in [4.69, 9.17) is 5.11 Å². The Bertz CT molecular complexity index is 459. The largest absolute Gasteiger partial charge is 0.481 e. The number of carboxylic acids is 1. The van der Waals surface area contributed by atoms with E-state index < -0.39 is 11.9 Å². The lowest BCUT2D eigenvalue weighted by Gasteiger charge is -2.17. The van der Waals surface area contributed by atoms with Crippen LogP contribution in [0.5, 0.6) is 0 Å². The topological polar surface area (TPSA) is 74.6 Å². The van der Waals surface area contributed by atoms with E-state index in [-0.39, 0.29) is 23.6 Å². The third-order valence-corrected chi connectivity index (χ3v) is 5.78. The average Bonchev–Trinajstić information content (AvgIpc) is 2.94. The summed E-state index contributed by atoms with van der Waals surface area (Å²) in [6.07, 6.45) is 13.7. The lowest BCUT2D eigenvalue weighted by molar-refractivity contribution is -0.146. The van der Waals surface area contributed by atoms with Gasteiger partial charge in [0.2, 0.25) is 0 Å². The lowest BCUT2D eigenvalue weighted by Crippen LogP contribution is -2.26. The first-order valence-electron chi connectivity index (χ1n) is 9.38. The Labute approximate surface area is 155 Å². The van der Waals surface area contributed by atoms with Crippen LogP contribution >= 0.6 is 11.8 Å². The van der Waals surface area contributed by atoms with Crippen LogP contribution < -0.4 is 0 Å². The van der Waals surface area contributed by atoms with Crippen LogP contribution in [0.25, 0.3) is 0 Å². The molecule has 1 aliphatic rings. The maximum atomic E-state index is 12.3. The predicted octanol–water partition coefficient (Wildman–Crippen LogP) is 4.58. The van der Waals surface area contributed by atoms with Crippen molar-refractivity contribution in [2.24, 2.45) is 11.8 Å². The van der Waals surface area contributed by atoms with Gasteiger partial charge in [0.25, 0.3) is 0 Å². The van der Waals surface area contributed by atoms with Crippen LogP contribution in [-0.2, 0) is 9.59 Å². The fraction of sp³-hybridized carbons (Fsp3) is 0.700. The summed E-state index contributed by atoms with van der Waals surface area (Å²) in [4.78, 5) is 23.8. The Morgan fingerprint density at radius 3 is 2.68 bits per heavy atom. The molecule has 1 rings (SSSR count). The molecule has 3 unspecified atom stereocenters. The number of hydrogen-bond acceptors (Lipinski definition) is 4. The zero-order valence-electron chi connectivity index (χ0n) is 15.2. The molecule has 142 valence electrons. The number of aliphatic carboxylic acids is 1. The van der Waals surface area contributed by atoms with Crippen LogP contribution in [0.4, 0.5) is 0 Å². The number of Topliss-reactive ketones (excluding diaryl/α,β-unsaturated/α-hetero) is 1. The van der Waals surface area contributed by atoms with E-state index >= 15 is 0 Å². The van der Waals surface area contributed by atoms with Gasteiger partial charge in [-0.15, -0.1) is 11.8 Å². The molecule has 0 bridgehead atoms. The van der Waals surface area contributed by atoms with E-state index in [0.29, 0.717) is 25.7 Å². The third kappa shape index (κ3) is 8.73. The molecule has 0 aliphatic heterocycles. The Morgan fingerprint density at radius 1 is 1.24 bits per heavy atom. The second-order valence-electron chi connectivity index (χ2n) is 6.66. The van der Waals surface area contributed by atoms with Gasteiger partial charge in [-0.3, -0.25) is 9.59 Å². The number of carboxylic acid groups (broad SMARTS) is 1. The molecule has 4 nitrogen and oxygen atoms in total. The van der Waals surface area contributed by atoms with Crippen molar-refractivity contribution < 1.29 is 19.8 Å². The number of hydrogen-bond donors (Lipinski definition) is 2. The molecule has 0 spiro atoms. The van der Waals surface area contributed by atoms with Crippen LogP contribution in [0.15, 0.2) is 23.6 Å². The van der Waals surface area contributed by atoms with Crippen molar-refractivity contribution in [1.29, 1.82) is 0 Å². The smallest absolute Gasteiger partial charge is 0.307 e. The highest BCUT2D eigenvalue weighted by molar-refractivity contribution is 8.02. The van der Waals surface area contributed by atoms with Gasteiger partial charge < -0.3 is 10.2 Å². The van der Waals surface area contributed by atoms with Gasteiger partial charge in [-0.1, -0.05) is 31.1 Å². The van der Waals surface area contributed by atoms with Crippen LogP contribution in [0.3, 0.4) is 0 Å². The van der Waals surface area contributed by atoms with Gasteiger partial charge in [0.15, 0.2) is 0 Å². The fourth-order valence-corrected chi connectivity index (χ4v) is 4.32. The lowest BCUT2D eigenvalue weighted by atomic mass is 9.86. The maximum Gasteiger partial charge on any atom is 0.307 e. The Kier molecular flexibility index (Phi) is 11.6. The summed E-state index contributed by atoms with van der Waals surface area (Å²) in [5.41, 5.74) is 0. The van der Waals surface area contributed by atoms with Gasteiger partial charge in [-0.2, -0.15) is 0 Å². The van der Waals surface area contributed by atoms with Gasteiger partial charge in [-0.25, -0.2) is 0 Å². The number of allylic oxidation sites excluding steroid dienone is 3. The summed E-state index contributed by atoms with van der Waals surface area (Å²) in [7, 11) is 0. The number of aliphatic hydroxyl groups excluding tert-OH is 1. The highest BCUT2D eigenvalue weighted by Gasteiger charge is 2.40. The summed E-state index contributed by atoms with van der Waals surface area (Å²) in [5.74, 6) is -1.60. The fourth-order valence-electron chi connectivity index (χ4n) is 3.27. The van der Waals surface area contributed by atoms with Gasteiger partial charge in [-0.05, 0) is 50.9 Å². The number of rotatable bonds is 13. The first-order chi connectivity index (χ1) is 12.1. The SMILES string of the molecule is CC=CCCC(C(=O)O)C1CC(SC=CCCCCCCO)CC1=O. The molecule has 25 heavy (non-hydrogen) atoms. The minimum atomic E-state index is -0.841. The molecular formula is C20H32O4S. The molecule has 5 heteroatoms. The van der Waals surface area contributed by atoms with E-state index in [0.717, 1.165) is 32.1 Å². The molecule has 0 saturated heterocycles. The minimum Gasteiger partial charge on any atom is -0.481 e. The molecule has 1 saturated carbocycles. The molecular weight excluding hydrogens is 336 g/mol. The highest BCUT2D eigenvalue weighted by Crippen LogP contribution is 2.38. The average molecular weight is 369 g/mol. The molecule has 0 heterocycles. The molecule has 0 aromatic heterocycles. The van der Waals surface area contributed by atoms with Crippen molar-refractivity contribution in [1.82, 2.24) is 0 Å². The summed E-state index contributed by atoms with van der Waals surface area (Å²) >= 11 is 1.67. The highest BCUT2D eigenvalue weighted by atomic mass is 32.2. The number of aliphatic hydroxyl groups is 1. The van der Waals surface area contributed by atoms with Crippen molar-refractivity contribution >= 4 is 23.5 Å². The summed E-state index contributed by atoms with van der Waals surface area (Å²) < 4.78 is 0. The number of unbranched alkanes of at least 4 members (excludes halogenated alkanes) is 4. The number of carbonyl (C=O) groups excluding carboxylic acids is 1. The Morgan fingerprint density at radius 2 is 2.00 bits per heavy atom. The monoisotopic (exact) mass is 368 g/mol. The number of carbonyl (C=O) groups is 2. The van der Waals surface area contributed by atoms with Crippen molar-refractivity contribution in [2.75, 3.05) is 6.61 Å². The van der Waals surface area contributed by atoms with E-state index in [1.165, 1.54) is 0 Å². The second kappa shape index (κ2) is 13.2. The van der Waals surface area contributed by atoms with Crippen molar-refractivity contribution in [3.63, 3.8) is 0 Å². The van der Waals surface area contributed by atoms with Gasteiger partial charge in [0, 0.05) is 24.2 Å². The van der Waals surface area contributed by atoms with Crippen LogP contribution in [-0.4, -0.2) is 33.8 Å². The van der Waals surface area contributed by atoms with E-state index in [1.54, 1.807) is 11.8 Å². The third-order valence-electron chi connectivity index (χ3n) is 4.69. The summed E-state index contributed by atoms with van der Waals surface area (Å²) in [6, 6.07) is 0. The minimum absolute atomic E-state index is 0.114. The van der Waals surface area contributed by atoms with E-state index in [2.05, 4.69) is 11.5 Å². The first kappa shape index (κ1) is 22.0. The Balaban J connectivity index is 2.35. The molecule has 0 aromatic carbocycles. The number of ketones is 1. The standard InChI is InChI=1S/C20H32O4S/c1-2-3-8-11-17(20(23)24)18-14-16(15-19(18)22)25-13-10-7-5-4-6-9-12-21/h2-3,10,13,16-18,21H,4-9,11-12,14-15H2,1H3,(H,23,24).